The molecule has 0 aliphatic carbocycles. The first-order valence-corrected chi connectivity index (χ1v) is 8.73. The van der Waals surface area contributed by atoms with Gasteiger partial charge in [0, 0.05) is 12.3 Å². The Morgan fingerprint density at radius 1 is 1.29 bits per heavy atom. The van der Waals surface area contributed by atoms with Crippen LogP contribution in [0.5, 0.6) is 0 Å². The zero-order valence-electron chi connectivity index (χ0n) is 14.2. The minimum Gasteiger partial charge on any atom is -0.368 e. The van der Waals surface area contributed by atoms with Crippen LogP contribution in [0.1, 0.15) is 18.4 Å². The first-order valence-electron chi connectivity index (χ1n) is 8.73. The summed E-state index contributed by atoms with van der Waals surface area (Å²) in [5, 5.41) is 2.98. The molecule has 0 spiro atoms. The van der Waals surface area contributed by atoms with Crippen LogP contribution in [0.4, 0.5) is 5.69 Å². The molecule has 2 aliphatic rings. The highest BCUT2D eigenvalue weighted by Crippen LogP contribution is 2.15. The van der Waals surface area contributed by atoms with E-state index in [1.807, 2.05) is 36.1 Å². The van der Waals surface area contributed by atoms with Crippen LogP contribution >= 0.6 is 0 Å². The monoisotopic (exact) mass is 332 g/mol. The van der Waals surface area contributed by atoms with Crippen molar-refractivity contribution in [2.24, 2.45) is 0 Å². The maximum atomic E-state index is 12.3. The number of nitrogens with one attached hydrogen (secondary N) is 2. The van der Waals surface area contributed by atoms with Gasteiger partial charge in [-0.3, -0.25) is 9.59 Å². The van der Waals surface area contributed by atoms with E-state index in [0.29, 0.717) is 26.2 Å². The summed E-state index contributed by atoms with van der Waals surface area (Å²) in [5.41, 5.74) is 1.93. The fourth-order valence-electron chi connectivity index (χ4n) is 3.33. The third kappa shape index (κ3) is 4.13. The lowest BCUT2D eigenvalue weighted by molar-refractivity contribution is -0.895. The van der Waals surface area contributed by atoms with E-state index in [-0.39, 0.29) is 17.9 Å². The maximum absolute atomic E-state index is 12.3. The van der Waals surface area contributed by atoms with Crippen LogP contribution in [0.25, 0.3) is 0 Å². The van der Waals surface area contributed by atoms with Gasteiger partial charge in [-0.15, -0.1) is 0 Å². The minimum atomic E-state index is -0.240. The summed E-state index contributed by atoms with van der Waals surface area (Å²) >= 11 is 0. The number of aryl methyl sites for hydroxylation is 1. The molecule has 2 aliphatic heterocycles. The number of nitrogens with zero attached hydrogens (tertiary/aromatic N) is 1. The Bertz CT molecular complexity index is 591. The second-order valence-electron chi connectivity index (χ2n) is 6.62. The zero-order chi connectivity index (χ0) is 16.9. The Morgan fingerprint density at radius 2 is 2.04 bits per heavy atom. The number of hydrogen-bond donors (Lipinski definition) is 2. The average Bonchev–Trinajstić information content (AvgIpc) is 3.11. The Morgan fingerprint density at radius 3 is 2.71 bits per heavy atom. The third-order valence-corrected chi connectivity index (χ3v) is 4.82. The van der Waals surface area contributed by atoms with Gasteiger partial charge in [0.2, 0.25) is 0 Å². The molecule has 2 saturated heterocycles. The van der Waals surface area contributed by atoms with Crippen molar-refractivity contribution in [2.45, 2.75) is 25.9 Å². The molecule has 6 heteroatoms. The predicted molar refractivity (Wildman–Crippen MR) is 90.9 cm³/mol. The van der Waals surface area contributed by atoms with Crippen LogP contribution in [-0.4, -0.2) is 62.1 Å². The molecule has 1 atom stereocenters. The van der Waals surface area contributed by atoms with Gasteiger partial charge in [0.1, 0.15) is 6.10 Å². The average molecular weight is 332 g/mol. The van der Waals surface area contributed by atoms with Crippen LogP contribution < -0.4 is 10.2 Å². The summed E-state index contributed by atoms with van der Waals surface area (Å²) in [6.45, 7) is 6.13. The van der Waals surface area contributed by atoms with Gasteiger partial charge in [-0.05, 0) is 31.4 Å². The van der Waals surface area contributed by atoms with Gasteiger partial charge in [0.05, 0.1) is 26.2 Å². The van der Waals surface area contributed by atoms with E-state index >= 15 is 0 Å². The first-order chi connectivity index (χ1) is 11.6. The van der Waals surface area contributed by atoms with E-state index in [2.05, 4.69) is 5.32 Å². The summed E-state index contributed by atoms with van der Waals surface area (Å²) in [4.78, 5) is 27.7. The smallest absolute Gasteiger partial charge is 0.279 e. The second-order valence-corrected chi connectivity index (χ2v) is 6.62. The largest absolute Gasteiger partial charge is 0.368 e. The fourth-order valence-corrected chi connectivity index (χ4v) is 3.33. The van der Waals surface area contributed by atoms with Gasteiger partial charge in [0.15, 0.2) is 6.54 Å². The molecule has 6 nitrogen and oxygen atoms in total. The maximum Gasteiger partial charge on any atom is 0.279 e. The molecule has 24 heavy (non-hydrogen) atoms. The molecule has 0 unspecified atom stereocenters. The Balaban J connectivity index is 1.44. The van der Waals surface area contributed by atoms with E-state index in [0.717, 1.165) is 37.2 Å². The Labute approximate surface area is 142 Å². The molecule has 0 aromatic heterocycles. The van der Waals surface area contributed by atoms with Crippen molar-refractivity contribution in [2.75, 3.05) is 44.6 Å². The van der Waals surface area contributed by atoms with Crippen molar-refractivity contribution in [3.05, 3.63) is 29.8 Å². The molecule has 3 rings (SSSR count). The Kier molecular flexibility index (Phi) is 5.48. The van der Waals surface area contributed by atoms with E-state index < -0.39 is 0 Å². The van der Waals surface area contributed by atoms with Crippen molar-refractivity contribution in [3.63, 3.8) is 0 Å². The lowest BCUT2D eigenvalue weighted by Gasteiger charge is -2.33. The summed E-state index contributed by atoms with van der Waals surface area (Å²) < 4.78 is 5.47. The number of hydrogen-bond acceptors (Lipinski definition) is 3. The van der Waals surface area contributed by atoms with E-state index in [4.69, 9.17) is 4.74 Å². The molecule has 0 bridgehead atoms. The molecule has 1 aromatic carbocycles. The molecular weight excluding hydrogens is 306 g/mol. The van der Waals surface area contributed by atoms with Crippen molar-refractivity contribution in [1.29, 1.82) is 0 Å². The van der Waals surface area contributed by atoms with Gasteiger partial charge >= 0.3 is 0 Å². The van der Waals surface area contributed by atoms with Crippen LogP contribution in [0.2, 0.25) is 0 Å². The highest BCUT2D eigenvalue weighted by atomic mass is 16.5. The van der Waals surface area contributed by atoms with Gasteiger partial charge in [-0.2, -0.15) is 0 Å². The number of benzene rings is 1. The molecule has 130 valence electrons. The highest BCUT2D eigenvalue weighted by Gasteiger charge is 2.31. The number of carbonyl (C=O) groups excluding carboxylic acids is 2. The molecule has 2 fully saturated rings. The topological polar surface area (TPSA) is 63.1 Å². The lowest BCUT2D eigenvalue weighted by atomic mass is 10.2. The first kappa shape index (κ1) is 16.9. The number of piperazine rings is 1. The molecule has 2 amide bonds. The third-order valence-electron chi connectivity index (χ3n) is 4.82. The van der Waals surface area contributed by atoms with E-state index in [1.54, 1.807) is 0 Å². The molecule has 1 aromatic rings. The number of ether oxygens (including phenoxy) is 1. The second kappa shape index (κ2) is 7.77. The number of amides is 2. The van der Waals surface area contributed by atoms with Crippen LogP contribution in [0, 0.1) is 6.92 Å². The van der Waals surface area contributed by atoms with Crippen LogP contribution in [0.3, 0.4) is 0 Å². The lowest BCUT2D eigenvalue weighted by Crippen LogP contribution is -3.15. The van der Waals surface area contributed by atoms with Crippen LogP contribution in [0.15, 0.2) is 24.3 Å². The standard InChI is InChI=1S/C18H25N3O3/c1-14-5-2-3-6-15(14)19-17(22)13-20-8-10-21(11-9-20)18(23)16-7-4-12-24-16/h2-3,5-6,16H,4,7-13H2,1H3,(H,19,22)/p+1/t16-/m0/s1. The summed E-state index contributed by atoms with van der Waals surface area (Å²) in [6.07, 6.45) is 1.57. The van der Waals surface area contributed by atoms with Gasteiger partial charge in [-0.25, -0.2) is 0 Å². The zero-order valence-corrected chi connectivity index (χ0v) is 14.2. The summed E-state index contributed by atoms with van der Waals surface area (Å²) in [5.74, 6) is 0.147. The molecule has 0 saturated carbocycles. The van der Waals surface area contributed by atoms with E-state index in [9.17, 15) is 9.59 Å². The highest BCUT2D eigenvalue weighted by molar-refractivity contribution is 5.92. The summed E-state index contributed by atoms with van der Waals surface area (Å²) in [6, 6.07) is 7.78. The van der Waals surface area contributed by atoms with Crippen molar-refractivity contribution >= 4 is 17.5 Å². The number of para-hydroxylation sites is 1. The molecule has 2 heterocycles. The van der Waals surface area contributed by atoms with Crippen molar-refractivity contribution < 1.29 is 19.2 Å². The normalized spacial score (nSPS) is 21.7. The van der Waals surface area contributed by atoms with Crippen molar-refractivity contribution in [3.8, 4) is 0 Å². The summed E-state index contributed by atoms with van der Waals surface area (Å²) in [7, 11) is 0. The number of carbonyl (C=O) groups is 2. The Hall–Kier alpha value is -1.92. The van der Waals surface area contributed by atoms with Gasteiger partial charge in [0.25, 0.3) is 11.8 Å². The quantitative estimate of drug-likeness (QED) is 0.805. The number of anilines is 1. The fraction of sp³-hybridized carbons (Fsp3) is 0.556. The van der Waals surface area contributed by atoms with Crippen molar-refractivity contribution in [1.82, 2.24) is 4.90 Å². The SMILES string of the molecule is Cc1ccccc1NC(=O)C[NH+]1CCN(C(=O)[C@@H]2CCCO2)CC1. The predicted octanol–water partition coefficient (Wildman–Crippen LogP) is -0.160. The molecular formula is C18H26N3O3+. The van der Waals surface area contributed by atoms with Gasteiger partial charge < -0.3 is 19.9 Å². The van der Waals surface area contributed by atoms with E-state index in [1.165, 1.54) is 4.90 Å². The molecule has 0 radical (unpaired) electrons. The van der Waals surface area contributed by atoms with Gasteiger partial charge in [-0.1, -0.05) is 18.2 Å². The number of rotatable bonds is 4. The van der Waals surface area contributed by atoms with Crippen LogP contribution in [-0.2, 0) is 14.3 Å². The minimum absolute atomic E-state index is 0.0261. The number of quaternary nitrogens is 1. The molecule has 2 N–H and O–H groups in total.